The van der Waals surface area contributed by atoms with E-state index < -0.39 is 29.2 Å². The first kappa shape index (κ1) is 22.1. The Balaban J connectivity index is 0.00000441. The third-order valence-corrected chi connectivity index (χ3v) is 2.63. The largest absolute Gasteiger partial charge is 1.00 e. The molecule has 0 bridgehead atoms. The van der Waals surface area contributed by atoms with Gasteiger partial charge in [0.2, 0.25) is 0 Å². The molecule has 0 atom stereocenters. The van der Waals surface area contributed by atoms with E-state index in [-0.39, 0.29) is 62.8 Å². The zero-order valence-corrected chi connectivity index (χ0v) is 16.8. The fourth-order valence-corrected chi connectivity index (χ4v) is 1.79. The average molecular weight is 364 g/mol. The SMILES string of the molecule is COc1cc([B-](F)(F)F)c(Cl)cc1NC(=O)OC(C)(C)C.[K+]. The fourth-order valence-electron chi connectivity index (χ4n) is 1.50. The molecule has 0 aromatic heterocycles. The van der Waals surface area contributed by atoms with Crippen molar-refractivity contribution in [2.75, 3.05) is 12.4 Å². The number of rotatable bonds is 3. The molecule has 1 rings (SSSR count). The van der Waals surface area contributed by atoms with E-state index in [1.807, 2.05) is 0 Å². The van der Waals surface area contributed by atoms with Crippen LogP contribution in [0.5, 0.6) is 5.75 Å². The van der Waals surface area contributed by atoms with Gasteiger partial charge in [0.25, 0.3) is 0 Å². The van der Waals surface area contributed by atoms with Gasteiger partial charge in [0.05, 0.1) is 12.8 Å². The monoisotopic (exact) mass is 363 g/mol. The van der Waals surface area contributed by atoms with Crippen LogP contribution < -0.4 is 66.9 Å². The summed E-state index contributed by atoms with van der Waals surface area (Å²) >= 11 is 5.61. The Labute approximate surface area is 174 Å². The molecule has 1 N–H and O–H groups in total. The summed E-state index contributed by atoms with van der Waals surface area (Å²) in [5.41, 5.74) is -1.72. The smallest absolute Gasteiger partial charge is 0.495 e. The second-order valence-corrected chi connectivity index (χ2v) is 5.68. The van der Waals surface area contributed by atoms with Crippen molar-refractivity contribution in [3.05, 3.63) is 17.2 Å². The number of hydrogen-bond acceptors (Lipinski definition) is 3. The minimum atomic E-state index is -5.28. The third kappa shape index (κ3) is 6.67. The van der Waals surface area contributed by atoms with Gasteiger partial charge in [-0.1, -0.05) is 17.1 Å². The Bertz CT molecular complexity index is 550. The van der Waals surface area contributed by atoms with E-state index in [1.165, 1.54) is 7.11 Å². The quantitative estimate of drug-likeness (QED) is 0.807. The van der Waals surface area contributed by atoms with Crippen LogP contribution in [0.1, 0.15) is 20.8 Å². The van der Waals surface area contributed by atoms with Crippen LogP contribution in [-0.2, 0) is 4.74 Å². The number of ether oxygens (including phenoxy) is 2. The molecule has 0 heterocycles. The van der Waals surface area contributed by atoms with Crippen molar-refractivity contribution in [3.63, 3.8) is 0 Å². The average Bonchev–Trinajstić information content (AvgIpc) is 2.24. The normalized spacial score (nSPS) is 11.5. The number of methoxy groups -OCH3 is 1. The Hall–Kier alpha value is 0.0713. The molecule has 0 unspecified atom stereocenters. The topological polar surface area (TPSA) is 47.6 Å². The third-order valence-electron chi connectivity index (χ3n) is 2.31. The van der Waals surface area contributed by atoms with E-state index in [2.05, 4.69) is 5.32 Å². The molecule has 0 aliphatic rings. The summed E-state index contributed by atoms with van der Waals surface area (Å²) in [6, 6.07) is 1.73. The number of hydrogen-bond donors (Lipinski definition) is 1. The Morgan fingerprint density at radius 3 is 2.23 bits per heavy atom. The van der Waals surface area contributed by atoms with Gasteiger partial charge in [0.1, 0.15) is 11.4 Å². The molecule has 22 heavy (non-hydrogen) atoms. The van der Waals surface area contributed by atoms with Gasteiger partial charge in [0, 0.05) is 5.02 Å². The van der Waals surface area contributed by atoms with Crippen molar-refractivity contribution in [1.82, 2.24) is 0 Å². The van der Waals surface area contributed by atoms with Gasteiger partial charge in [-0.25, -0.2) is 4.79 Å². The first-order valence-corrected chi connectivity index (χ1v) is 6.39. The number of halogens is 4. The Morgan fingerprint density at radius 2 is 1.82 bits per heavy atom. The van der Waals surface area contributed by atoms with Gasteiger partial charge in [-0.2, -0.15) is 0 Å². The molecule has 0 aliphatic carbocycles. The van der Waals surface area contributed by atoms with Crippen LogP contribution >= 0.6 is 11.6 Å². The van der Waals surface area contributed by atoms with E-state index in [1.54, 1.807) is 20.8 Å². The predicted molar refractivity (Wildman–Crippen MR) is 76.6 cm³/mol. The van der Waals surface area contributed by atoms with Crippen molar-refractivity contribution in [2.45, 2.75) is 26.4 Å². The molecule has 1 aromatic carbocycles. The number of anilines is 1. The molecular formula is C12H15BClF3KNO3. The van der Waals surface area contributed by atoms with Gasteiger partial charge in [-0.3, -0.25) is 5.32 Å². The molecule has 0 spiro atoms. The predicted octanol–water partition coefficient (Wildman–Crippen LogP) is 0.754. The van der Waals surface area contributed by atoms with Crippen LogP contribution in [0.3, 0.4) is 0 Å². The zero-order valence-electron chi connectivity index (χ0n) is 13.0. The fraction of sp³-hybridized carbons (Fsp3) is 0.417. The minimum absolute atomic E-state index is 0. The van der Waals surface area contributed by atoms with Gasteiger partial charge < -0.3 is 22.4 Å². The minimum Gasteiger partial charge on any atom is -0.495 e. The zero-order chi connectivity index (χ0) is 16.4. The summed E-state index contributed by atoms with van der Waals surface area (Å²) in [6.07, 6.45) is -0.817. The number of benzene rings is 1. The van der Waals surface area contributed by atoms with E-state index in [4.69, 9.17) is 21.1 Å². The summed E-state index contributed by atoms with van der Waals surface area (Å²) in [7, 11) is 1.19. The molecule has 10 heteroatoms. The molecule has 0 saturated carbocycles. The van der Waals surface area contributed by atoms with Crippen LogP contribution in [0.15, 0.2) is 12.1 Å². The molecular weight excluding hydrogens is 348 g/mol. The molecule has 0 fully saturated rings. The molecule has 1 aromatic rings. The van der Waals surface area contributed by atoms with Crippen LogP contribution in [0, 0.1) is 0 Å². The van der Waals surface area contributed by atoms with Crippen LogP contribution in [0.4, 0.5) is 23.4 Å². The maximum absolute atomic E-state index is 12.8. The molecule has 0 radical (unpaired) electrons. The summed E-state index contributed by atoms with van der Waals surface area (Å²) in [5.74, 6) is -0.153. The van der Waals surface area contributed by atoms with Crippen LogP contribution in [0.2, 0.25) is 5.02 Å². The van der Waals surface area contributed by atoms with Crippen molar-refractivity contribution in [2.24, 2.45) is 0 Å². The molecule has 0 aliphatic heterocycles. The summed E-state index contributed by atoms with van der Waals surface area (Å²) in [4.78, 5) is 11.6. The molecule has 0 saturated heterocycles. The number of nitrogens with one attached hydrogen (secondary N) is 1. The summed E-state index contributed by atoms with van der Waals surface area (Å²) < 4.78 is 48.2. The van der Waals surface area contributed by atoms with Crippen molar-refractivity contribution < 1.29 is 78.6 Å². The first-order chi connectivity index (χ1) is 9.44. The first-order valence-electron chi connectivity index (χ1n) is 6.01. The van der Waals surface area contributed by atoms with E-state index in [9.17, 15) is 17.7 Å². The van der Waals surface area contributed by atoms with E-state index >= 15 is 0 Å². The second kappa shape index (κ2) is 8.25. The van der Waals surface area contributed by atoms with Gasteiger partial charge in [-0.05, 0) is 32.9 Å². The van der Waals surface area contributed by atoms with Gasteiger partial charge in [-0.15, -0.1) is 0 Å². The number of carbonyl (C=O) groups is 1. The van der Waals surface area contributed by atoms with Crippen molar-refractivity contribution in [1.29, 1.82) is 0 Å². The van der Waals surface area contributed by atoms with E-state index in [0.717, 1.165) is 12.1 Å². The molecule has 118 valence electrons. The van der Waals surface area contributed by atoms with Crippen LogP contribution in [0.25, 0.3) is 0 Å². The molecule has 4 nitrogen and oxygen atoms in total. The van der Waals surface area contributed by atoms with Crippen LogP contribution in [-0.4, -0.2) is 25.8 Å². The van der Waals surface area contributed by atoms with Gasteiger partial charge in [0.15, 0.2) is 0 Å². The van der Waals surface area contributed by atoms with Crippen molar-refractivity contribution in [3.8, 4) is 5.75 Å². The second-order valence-electron chi connectivity index (χ2n) is 5.28. The molecule has 1 amide bonds. The maximum Gasteiger partial charge on any atom is 1.00 e. The van der Waals surface area contributed by atoms with Crippen molar-refractivity contribution >= 4 is 35.8 Å². The summed E-state index contributed by atoms with van der Waals surface area (Å²) in [5, 5.41) is 1.79. The van der Waals surface area contributed by atoms with Gasteiger partial charge >= 0.3 is 64.5 Å². The Morgan fingerprint density at radius 1 is 1.27 bits per heavy atom. The van der Waals surface area contributed by atoms with E-state index in [0.29, 0.717) is 0 Å². The Kier molecular flexibility index (Phi) is 8.28. The number of carbonyl (C=O) groups excluding carboxylic acids is 1. The summed E-state index contributed by atoms with van der Waals surface area (Å²) in [6.45, 7) is -0.300. The number of amides is 1. The standard InChI is InChI=1S/C12H15BClF3NO3.K/c1-12(2,3)21-11(19)18-9-6-8(14)7(13(15,16)17)5-10(9)20-4;/h5-6H,1-4H3,(H,18,19);/q-1;+1. The maximum atomic E-state index is 12.8.